The predicted molar refractivity (Wildman–Crippen MR) is 285 cm³/mol. The summed E-state index contributed by atoms with van der Waals surface area (Å²) in [7, 11) is 4.29. The summed E-state index contributed by atoms with van der Waals surface area (Å²) >= 11 is 0. The number of amides is 1. The molecule has 21 heteroatoms. The summed E-state index contributed by atoms with van der Waals surface area (Å²) in [4.78, 5) is 64.4. The first kappa shape index (κ1) is 64.9. The number of oxime groups is 1. The van der Waals surface area contributed by atoms with Gasteiger partial charge in [-0.25, -0.2) is 4.79 Å². The van der Waals surface area contributed by atoms with Gasteiger partial charge in [-0.15, -0.1) is 0 Å². The maximum atomic E-state index is 15.8. The highest BCUT2D eigenvalue weighted by atomic mass is 16.7. The summed E-state index contributed by atoms with van der Waals surface area (Å²) in [5.41, 5.74) is -0.874. The van der Waals surface area contributed by atoms with Gasteiger partial charge >= 0.3 is 18.0 Å². The molecule has 444 valence electrons. The van der Waals surface area contributed by atoms with Crippen LogP contribution < -0.4 is 10.6 Å². The molecule has 0 aromatic heterocycles. The van der Waals surface area contributed by atoms with Crippen molar-refractivity contribution in [1.82, 2.24) is 10.6 Å². The highest BCUT2D eigenvalue weighted by Gasteiger charge is 2.52. The van der Waals surface area contributed by atoms with Crippen LogP contribution in [0, 0.1) is 41.4 Å². The fourth-order valence-electron chi connectivity index (χ4n) is 11.5. The number of ketones is 1. The van der Waals surface area contributed by atoms with Gasteiger partial charge in [-0.05, 0) is 65.4 Å². The molecule has 0 radical (unpaired) electrons. The van der Waals surface area contributed by atoms with E-state index in [4.69, 9.17) is 56.9 Å². The van der Waals surface area contributed by atoms with Gasteiger partial charge in [0.05, 0.1) is 54.7 Å². The molecule has 78 heavy (non-hydrogen) atoms. The molecular formula is C57H93N3O18. The quantitative estimate of drug-likeness (QED) is 0.0809. The van der Waals surface area contributed by atoms with Crippen molar-refractivity contribution in [3.05, 3.63) is 35.9 Å². The van der Waals surface area contributed by atoms with E-state index in [1.165, 1.54) is 28.3 Å². The molecule has 4 fully saturated rings. The fourth-order valence-corrected chi connectivity index (χ4v) is 11.5. The first-order valence-electron chi connectivity index (χ1n) is 27.9. The van der Waals surface area contributed by atoms with Crippen LogP contribution in [0.5, 0.6) is 0 Å². The zero-order valence-corrected chi connectivity index (χ0v) is 48.9. The molecule has 0 spiro atoms. The van der Waals surface area contributed by atoms with Crippen LogP contribution in [0.2, 0.25) is 0 Å². The van der Waals surface area contributed by atoms with Gasteiger partial charge < -0.3 is 77.8 Å². The SMILES string of the molecule is CON=C1C[C@@H](C)O[C@@H](O[C@@H]2[C@@H](C)[C@H](O[C@H]3CC(C)NC[C@H](C)O3)[C@@H](C)C(=O)O[C@H]([C@@H](C)CO[C@@H]3O[C@H](C)[C@@H](O)[C@@H](OC)[C@H]3OC)[C@H](C)[C@@H](OC(=O)CC(C)C)[C@@H](C)C(=O)[C@@](C)(OC(=O)NCc3ccccc3)C[C@@H]2C)[C@@H]1O. The molecule has 4 aliphatic rings. The molecule has 0 aliphatic carbocycles. The number of methoxy groups -OCH3 is 2. The Balaban J connectivity index is 1.69. The second kappa shape index (κ2) is 29.7. The lowest BCUT2D eigenvalue weighted by Gasteiger charge is -2.45. The Morgan fingerprint density at radius 2 is 1.50 bits per heavy atom. The van der Waals surface area contributed by atoms with Crippen molar-refractivity contribution in [1.29, 1.82) is 0 Å². The van der Waals surface area contributed by atoms with Gasteiger partial charge in [-0.1, -0.05) is 84.0 Å². The van der Waals surface area contributed by atoms with Crippen molar-refractivity contribution >= 4 is 29.5 Å². The van der Waals surface area contributed by atoms with Crippen LogP contribution in [-0.2, 0) is 77.9 Å². The molecule has 4 saturated heterocycles. The van der Waals surface area contributed by atoms with Crippen LogP contribution in [0.15, 0.2) is 35.5 Å². The smallest absolute Gasteiger partial charge is 0.408 e. The highest BCUT2D eigenvalue weighted by molar-refractivity contribution is 5.91. The van der Waals surface area contributed by atoms with Gasteiger partial charge in [-0.3, -0.25) is 14.4 Å². The van der Waals surface area contributed by atoms with Gasteiger partial charge in [0.2, 0.25) is 0 Å². The molecule has 4 heterocycles. The largest absolute Gasteiger partial charge is 0.461 e. The molecule has 1 aromatic rings. The normalized spacial score (nSPS) is 39.6. The maximum Gasteiger partial charge on any atom is 0.408 e. The lowest BCUT2D eigenvalue weighted by Crippen LogP contribution is -2.59. The first-order chi connectivity index (χ1) is 36.8. The number of carbonyl (C=O) groups excluding carboxylic acids is 4. The monoisotopic (exact) mass is 1110 g/mol. The minimum Gasteiger partial charge on any atom is -0.461 e. The van der Waals surface area contributed by atoms with Crippen LogP contribution in [-0.4, -0.2) is 172 Å². The van der Waals surface area contributed by atoms with Crippen LogP contribution >= 0.6 is 0 Å². The number of cyclic esters (lactones) is 1. The minimum absolute atomic E-state index is 0.00946. The molecular weight excluding hydrogens is 1010 g/mol. The third-order valence-electron chi connectivity index (χ3n) is 15.7. The first-order valence-corrected chi connectivity index (χ1v) is 27.9. The number of aliphatic hydroxyl groups excluding tert-OH is 2. The molecule has 22 atom stereocenters. The van der Waals surface area contributed by atoms with E-state index < -0.39 is 145 Å². The number of aliphatic hydroxyl groups is 2. The Hall–Kier alpha value is -3.87. The van der Waals surface area contributed by atoms with E-state index in [1.54, 1.807) is 34.6 Å². The van der Waals surface area contributed by atoms with Crippen LogP contribution in [0.3, 0.4) is 0 Å². The van der Waals surface area contributed by atoms with E-state index in [0.717, 1.165) is 5.56 Å². The number of carbonyl (C=O) groups is 4. The van der Waals surface area contributed by atoms with Crippen molar-refractivity contribution in [2.45, 2.75) is 220 Å². The molecule has 4 N–H and O–H groups in total. The van der Waals surface area contributed by atoms with E-state index in [0.29, 0.717) is 13.0 Å². The highest BCUT2D eigenvalue weighted by Crippen LogP contribution is 2.40. The van der Waals surface area contributed by atoms with Crippen LogP contribution in [0.4, 0.5) is 4.79 Å². The molecule has 1 aromatic carbocycles. The number of nitrogens with one attached hydrogen (secondary N) is 2. The number of nitrogens with zero attached hydrogens (tertiary/aromatic N) is 1. The number of hydrogen-bond donors (Lipinski definition) is 4. The Labute approximate surface area is 462 Å². The van der Waals surface area contributed by atoms with Crippen molar-refractivity contribution in [3.8, 4) is 0 Å². The standard InChI is InChI=1S/C57H93N3O18/c1-29(2)22-42(61)74-48-36(9)47(31(4)28-70-55-51(68-15)50(67-14)44(62)39(12)73-55)76-53(65)38(11)49(75-43-23-32(5)58-26-34(7)71-43)35(8)46(77-54-45(63)41(60-69-16)24-33(6)72-54)30(3)25-57(13,52(64)37(48)10)78-56(66)59-27-40-20-18-17-19-21-40/h17-21,29-39,43-51,54-55,58,62-63H,22-28H2,1-16H3,(H,59,66)/t30-,31-,32?,33+,34-,35+,36-,37+,38+,39+,43-,44+,45+,46-,47+,48+,49-,50+,51+,54-,55+,57-/m0/s1. The number of ether oxygens (including phenoxy) is 11. The van der Waals surface area contributed by atoms with Crippen molar-refractivity contribution in [2.24, 2.45) is 46.6 Å². The Morgan fingerprint density at radius 1 is 0.821 bits per heavy atom. The number of rotatable bonds is 17. The molecule has 1 amide bonds. The average Bonchev–Trinajstić information content (AvgIpc) is 3.59. The number of benzene rings is 1. The Bertz CT molecular complexity index is 2070. The zero-order valence-electron chi connectivity index (χ0n) is 48.9. The maximum absolute atomic E-state index is 15.8. The van der Waals surface area contributed by atoms with Crippen molar-refractivity contribution in [2.75, 3.05) is 34.5 Å². The van der Waals surface area contributed by atoms with E-state index in [-0.39, 0.29) is 56.2 Å². The average molecular weight is 1110 g/mol. The van der Waals surface area contributed by atoms with Crippen LogP contribution in [0.25, 0.3) is 0 Å². The summed E-state index contributed by atoms with van der Waals surface area (Å²) in [6, 6.07) is 9.19. The molecule has 0 bridgehead atoms. The van der Waals surface area contributed by atoms with Gasteiger partial charge in [-0.2, -0.15) is 0 Å². The third kappa shape index (κ3) is 17.1. The van der Waals surface area contributed by atoms with E-state index in [9.17, 15) is 19.8 Å². The molecule has 4 aliphatic heterocycles. The topological polar surface area (TPSA) is 256 Å². The Kier molecular flexibility index (Phi) is 24.8. The lowest BCUT2D eigenvalue weighted by molar-refractivity contribution is -0.305. The summed E-state index contributed by atoms with van der Waals surface area (Å²) in [5.74, 6) is -7.37. The van der Waals surface area contributed by atoms with Gasteiger partial charge in [0, 0.05) is 70.4 Å². The third-order valence-corrected chi connectivity index (χ3v) is 15.7. The van der Waals surface area contributed by atoms with Gasteiger partial charge in [0.1, 0.15) is 43.7 Å². The summed E-state index contributed by atoms with van der Waals surface area (Å²) < 4.78 is 70.1. The summed E-state index contributed by atoms with van der Waals surface area (Å²) in [6.45, 7) is 23.8. The summed E-state index contributed by atoms with van der Waals surface area (Å²) in [6.07, 6.45) is -13.5. The lowest BCUT2D eigenvalue weighted by atomic mass is 9.74. The van der Waals surface area contributed by atoms with Crippen molar-refractivity contribution in [3.63, 3.8) is 0 Å². The number of Topliss-reactive ketones (excluding diaryl/α,β-unsaturated/α-hetero) is 1. The second-order valence-corrected chi connectivity index (χ2v) is 23.0. The molecule has 1 unspecified atom stereocenters. The van der Waals surface area contributed by atoms with Crippen LogP contribution in [0.1, 0.15) is 121 Å². The zero-order chi connectivity index (χ0) is 57.8. The van der Waals surface area contributed by atoms with Gasteiger partial charge in [0.25, 0.3) is 0 Å². The predicted octanol–water partition coefficient (Wildman–Crippen LogP) is 5.86. The molecule has 21 nitrogen and oxygen atoms in total. The summed E-state index contributed by atoms with van der Waals surface area (Å²) in [5, 5.41) is 33.1. The molecule has 5 rings (SSSR count). The second-order valence-electron chi connectivity index (χ2n) is 23.0. The van der Waals surface area contributed by atoms with E-state index in [2.05, 4.69) is 15.8 Å². The number of hydrogen-bond acceptors (Lipinski definition) is 20. The van der Waals surface area contributed by atoms with Gasteiger partial charge in [0.15, 0.2) is 30.3 Å². The van der Waals surface area contributed by atoms with E-state index >= 15 is 9.59 Å². The number of esters is 2. The van der Waals surface area contributed by atoms with E-state index in [1.807, 2.05) is 78.8 Å². The minimum atomic E-state index is -1.95. The number of alkyl carbamates (subject to hydrolysis) is 1. The molecule has 0 saturated carbocycles. The van der Waals surface area contributed by atoms with Crippen molar-refractivity contribution < 1.29 is 86.3 Å². The Morgan fingerprint density at radius 3 is 2.14 bits per heavy atom. The fraction of sp³-hybridized carbons (Fsp3) is 0.807.